The van der Waals surface area contributed by atoms with Crippen LogP contribution in [0.1, 0.15) is 55.0 Å². The van der Waals surface area contributed by atoms with Crippen molar-refractivity contribution >= 4 is 5.97 Å². The predicted octanol–water partition coefficient (Wildman–Crippen LogP) is 4.75. The molecule has 0 aromatic carbocycles. The molecular weight excluding hydrogens is 371 g/mol. The Labute approximate surface area is 162 Å². The standard InChI is InChI=1S/C20H26F3N3O2/c1-6-14-10-15(9-12(4)20(21,22)23)24-11-16(14)18-13(5)17(19(27)28-8-3)25-26(18)7-2/h10-12H,6-9H2,1-5H3/t12-/m1/s1. The molecule has 0 amide bonds. The molecule has 154 valence electrons. The molecule has 28 heavy (non-hydrogen) atoms. The Bertz CT molecular complexity index is 844. The fraction of sp³-hybridized carbons (Fsp3) is 0.550. The molecule has 1 atom stereocenters. The number of carbonyl (C=O) groups is 1. The van der Waals surface area contributed by atoms with E-state index in [1.807, 2.05) is 13.8 Å². The average Bonchev–Trinajstić information content (AvgIpc) is 2.97. The van der Waals surface area contributed by atoms with Crippen LogP contribution in [0.25, 0.3) is 11.3 Å². The third kappa shape index (κ3) is 4.54. The second-order valence-corrected chi connectivity index (χ2v) is 6.69. The summed E-state index contributed by atoms with van der Waals surface area (Å²) in [4.78, 5) is 16.4. The van der Waals surface area contributed by atoms with Crippen LogP contribution < -0.4 is 0 Å². The number of ether oxygens (including phenoxy) is 1. The molecule has 0 aliphatic carbocycles. The van der Waals surface area contributed by atoms with E-state index < -0.39 is 18.1 Å². The van der Waals surface area contributed by atoms with Crippen molar-refractivity contribution in [2.75, 3.05) is 6.61 Å². The molecule has 0 aliphatic heterocycles. The molecule has 0 saturated heterocycles. The molecule has 0 N–H and O–H groups in total. The van der Waals surface area contributed by atoms with E-state index in [0.29, 0.717) is 24.2 Å². The summed E-state index contributed by atoms with van der Waals surface area (Å²) < 4.78 is 45.4. The first kappa shape index (κ1) is 21.9. The topological polar surface area (TPSA) is 57.0 Å². The molecule has 2 aromatic rings. The number of pyridine rings is 1. The highest BCUT2D eigenvalue weighted by Crippen LogP contribution is 2.32. The molecule has 5 nitrogen and oxygen atoms in total. The zero-order chi connectivity index (χ0) is 21.1. The minimum atomic E-state index is -4.25. The first-order valence-corrected chi connectivity index (χ1v) is 9.43. The number of hydrogen-bond donors (Lipinski definition) is 0. The largest absolute Gasteiger partial charge is 0.461 e. The lowest BCUT2D eigenvalue weighted by Gasteiger charge is -2.17. The van der Waals surface area contributed by atoms with Crippen LogP contribution in [-0.4, -0.2) is 33.5 Å². The van der Waals surface area contributed by atoms with Crippen LogP contribution in [0.4, 0.5) is 13.2 Å². The van der Waals surface area contributed by atoms with Crippen molar-refractivity contribution in [3.05, 3.63) is 34.8 Å². The van der Waals surface area contributed by atoms with Crippen molar-refractivity contribution in [3.8, 4) is 11.3 Å². The lowest BCUT2D eigenvalue weighted by molar-refractivity contribution is -0.169. The van der Waals surface area contributed by atoms with Gasteiger partial charge in [-0.15, -0.1) is 0 Å². The maximum atomic E-state index is 12.9. The van der Waals surface area contributed by atoms with Crippen LogP contribution in [0, 0.1) is 12.8 Å². The highest BCUT2D eigenvalue weighted by molar-refractivity contribution is 5.91. The zero-order valence-corrected chi connectivity index (χ0v) is 16.9. The lowest BCUT2D eigenvalue weighted by atomic mass is 9.97. The Morgan fingerprint density at radius 1 is 1.29 bits per heavy atom. The Kier molecular flexibility index (Phi) is 6.85. The van der Waals surface area contributed by atoms with Gasteiger partial charge in [0, 0.05) is 36.0 Å². The number of alkyl halides is 3. The molecule has 0 spiro atoms. The Morgan fingerprint density at radius 3 is 2.50 bits per heavy atom. The number of halogens is 3. The van der Waals surface area contributed by atoms with Crippen molar-refractivity contribution in [1.82, 2.24) is 14.8 Å². The highest BCUT2D eigenvalue weighted by Gasteiger charge is 2.36. The summed E-state index contributed by atoms with van der Waals surface area (Å²) in [6.45, 7) is 9.30. The van der Waals surface area contributed by atoms with Crippen molar-refractivity contribution in [3.63, 3.8) is 0 Å². The zero-order valence-electron chi connectivity index (χ0n) is 16.9. The predicted molar refractivity (Wildman–Crippen MR) is 100 cm³/mol. The smallest absolute Gasteiger partial charge is 0.391 e. The van der Waals surface area contributed by atoms with Crippen LogP contribution in [0.5, 0.6) is 0 Å². The monoisotopic (exact) mass is 397 g/mol. The van der Waals surface area contributed by atoms with E-state index in [4.69, 9.17) is 4.74 Å². The molecule has 2 rings (SSSR count). The molecule has 2 aromatic heterocycles. The van der Waals surface area contributed by atoms with E-state index in [9.17, 15) is 18.0 Å². The van der Waals surface area contributed by atoms with Gasteiger partial charge in [0.1, 0.15) is 0 Å². The van der Waals surface area contributed by atoms with Gasteiger partial charge < -0.3 is 4.74 Å². The third-order valence-electron chi connectivity index (χ3n) is 4.71. The minimum absolute atomic E-state index is 0.170. The van der Waals surface area contributed by atoms with Gasteiger partial charge >= 0.3 is 12.1 Å². The van der Waals surface area contributed by atoms with E-state index in [-0.39, 0.29) is 18.7 Å². The van der Waals surface area contributed by atoms with Gasteiger partial charge in [0.2, 0.25) is 0 Å². The van der Waals surface area contributed by atoms with Crippen molar-refractivity contribution in [1.29, 1.82) is 0 Å². The van der Waals surface area contributed by atoms with Gasteiger partial charge in [-0.2, -0.15) is 18.3 Å². The molecule has 0 fully saturated rings. The molecule has 0 unspecified atom stereocenters. The van der Waals surface area contributed by atoms with E-state index in [2.05, 4.69) is 10.1 Å². The number of esters is 1. The maximum Gasteiger partial charge on any atom is 0.391 e. The number of aryl methyl sites for hydroxylation is 2. The molecular formula is C20H26F3N3O2. The normalized spacial score (nSPS) is 12.9. The minimum Gasteiger partial charge on any atom is -0.461 e. The Morgan fingerprint density at radius 2 is 1.96 bits per heavy atom. The fourth-order valence-electron chi connectivity index (χ4n) is 3.11. The third-order valence-corrected chi connectivity index (χ3v) is 4.71. The van der Waals surface area contributed by atoms with Crippen molar-refractivity contribution < 1.29 is 22.7 Å². The maximum absolute atomic E-state index is 12.9. The van der Waals surface area contributed by atoms with E-state index in [0.717, 1.165) is 23.7 Å². The van der Waals surface area contributed by atoms with Crippen LogP contribution in [0.2, 0.25) is 0 Å². The van der Waals surface area contributed by atoms with Gasteiger partial charge in [-0.25, -0.2) is 4.79 Å². The van der Waals surface area contributed by atoms with Crippen LogP contribution >= 0.6 is 0 Å². The van der Waals surface area contributed by atoms with E-state index in [1.54, 1.807) is 30.8 Å². The summed E-state index contributed by atoms with van der Waals surface area (Å²) in [5, 5.41) is 4.37. The first-order chi connectivity index (χ1) is 13.1. The first-order valence-electron chi connectivity index (χ1n) is 9.43. The second-order valence-electron chi connectivity index (χ2n) is 6.69. The van der Waals surface area contributed by atoms with Crippen LogP contribution in [-0.2, 0) is 24.1 Å². The van der Waals surface area contributed by atoms with Crippen LogP contribution in [0.3, 0.4) is 0 Å². The number of aromatic nitrogens is 3. The van der Waals surface area contributed by atoms with Gasteiger partial charge in [0.25, 0.3) is 0 Å². The van der Waals surface area contributed by atoms with Gasteiger partial charge in [-0.3, -0.25) is 9.67 Å². The summed E-state index contributed by atoms with van der Waals surface area (Å²) in [6, 6.07) is 1.72. The fourth-order valence-corrected chi connectivity index (χ4v) is 3.11. The lowest BCUT2D eigenvalue weighted by Crippen LogP contribution is -2.22. The molecule has 0 bridgehead atoms. The summed E-state index contributed by atoms with van der Waals surface area (Å²) in [5.41, 5.74) is 3.70. The van der Waals surface area contributed by atoms with Crippen molar-refractivity contribution in [2.24, 2.45) is 5.92 Å². The number of hydrogen-bond acceptors (Lipinski definition) is 4. The van der Waals surface area contributed by atoms with Gasteiger partial charge in [0.05, 0.1) is 18.2 Å². The molecule has 2 heterocycles. The SMILES string of the molecule is CCOC(=O)c1nn(CC)c(-c2cnc(C[C@@H](C)C(F)(F)F)cc2CC)c1C. The summed E-state index contributed by atoms with van der Waals surface area (Å²) in [6.07, 6.45) is -2.22. The molecule has 0 radical (unpaired) electrons. The molecule has 8 heteroatoms. The average molecular weight is 397 g/mol. The van der Waals surface area contributed by atoms with Gasteiger partial charge in [-0.05, 0) is 38.8 Å². The highest BCUT2D eigenvalue weighted by atomic mass is 19.4. The second kappa shape index (κ2) is 8.75. The Balaban J connectivity index is 2.49. The molecule has 0 saturated carbocycles. The molecule has 0 aliphatic rings. The van der Waals surface area contributed by atoms with Crippen molar-refractivity contribution in [2.45, 2.75) is 60.2 Å². The Hall–Kier alpha value is -2.38. The summed E-state index contributed by atoms with van der Waals surface area (Å²) >= 11 is 0. The van der Waals surface area contributed by atoms with Gasteiger partial charge in [-0.1, -0.05) is 13.8 Å². The number of rotatable bonds is 7. The summed E-state index contributed by atoms with van der Waals surface area (Å²) in [5.74, 6) is -1.95. The van der Waals surface area contributed by atoms with E-state index >= 15 is 0 Å². The number of nitrogens with zero attached hydrogens (tertiary/aromatic N) is 3. The van der Waals surface area contributed by atoms with Gasteiger partial charge in [0.15, 0.2) is 5.69 Å². The van der Waals surface area contributed by atoms with Crippen LogP contribution in [0.15, 0.2) is 12.3 Å². The van der Waals surface area contributed by atoms with E-state index in [1.165, 1.54) is 0 Å². The quantitative estimate of drug-likeness (QED) is 0.633. The summed E-state index contributed by atoms with van der Waals surface area (Å²) in [7, 11) is 0. The number of carbonyl (C=O) groups excluding carboxylic acids is 1.